The molecule has 1 unspecified atom stereocenters. The maximum absolute atomic E-state index is 13.5. The van der Waals surface area contributed by atoms with Crippen molar-refractivity contribution in [1.29, 1.82) is 0 Å². The van der Waals surface area contributed by atoms with E-state index in [4.69, 9.17) is 0 Å². The lowest BCUT2D eigenvalue weighted by Gasteiger charge is -2.22. The minimum atomic E-state index is -0.375. The number of hydrogen-bond donors (Lipinski definition) is 3. The van der Waals surface area contributed by atoms with E-state index in [1.54, 1.807) is 6.20 Å². The number of rotatable bonds is 5. The molecular formula is C25H35N5O3S. The lowest BCUT2D eigenvalue weighted by atomic mass is 10.1. The van der Waals surface area contributed by atoms with E-state index in [9.17, 15) is 14.7 Å². The van der Waals surface area contributed by atoms with Crippen LogP contribution in [0, 0.1) is 6.92 Å². The molecule has 2 aromatic rings. The Morgan fingerprint density at radius 1 is 1.24 bits per heavy atom. The molecule has 1 saturated heterocycles. The lowest BCUT2D eigenvalue weighted by Crippen LogP contribution is -2.35. The molecule has 9 heteroatoms. The van der Waals surface area contributed by atoms with E-state index in [1.807, 2.05) is 17.9 Å². The highest BCUT2D eigenvalue weighted by Gasteiger charge is 2.33. The normalized spacial score (nSPS) is 22.8. The summed E-state index contributed by atoms with van der Waals surface area (Å²) in [5, 5.41) is 16.4. The fourth-order valence-corrected chi connectivity index (χ4v) is 5.73. The summed E-state index contributed by atoms with van der Waals surface area (Å²) in [7, 11) is 0. The minimum absolute atomic E-state index is 0.0706. The smallest absolute Gasteiger partial charge is 0.280 e. The van der Waals surface area contributed by atoms with Crippen LogP contribution in [0.3, 0.4) is 0 Å². The Hall–Kier alpha value is -2.52. The molecule has 3 heterocycles. The second-order valence-corrected chi connectivity index (χ2v) is 11.6. The summed E-state index contributed by atoms with van der Waals surface area (Å²) in [6, 6.07) is 2.04. The predicted molar refractivity (Wildman–Crippen MR) is 134 cm³/mol. The largest absolute Gasteiger partial charge is 0.393 e. The Labute approximate surface area is 205 Å². The molecule has 0 spiro atoms. The molecule has 8 nitrogen and oxygen atoms in total. The van der Waals surface area contributed by atoms with E-state index in [-0.39, 0.29) is 40.5 Å². The first kappa shape index (κ1) is 24.6. The van der Waals surface area contributed by atoms with Gasteiger partial charge in [0.2, 0.25) is 0 Å². The van der Waals surface area contributed by atoms with Gasteiger partial charge < -0.3 is 20.6 Å². The lowest BCUT2D eigenvalue weighted by molar-refractivity contribution is 0.0743. The van der Waals surface area contributed by atoms with E-state index in [2.05, 4.69) is 48.3 Å². The maximum Gasteiger partial charge on any atom is 0.280 e. The predicted octanol–water partition coefficient (Wildman–Crippen LogP) is 3.99. The first-order valence-electron chi connectivity index (χ1n) is 12.1. The number of carbonyl (C=O) groups excluding carboxylic acids is 2. The minimum Gasteiger partial charge on any atom is -0.393 e. The number of anilines is 1. The molecule has 4 rings (SSSR count). The number of nitrogens with one attached hydrogen (secondary N) is 2. The molecule has 34 heavy (non-hydrogen) atoms. The second-order valence-electron chi connectivity index (χ2n) is 10.6. The van der Waals surface area contributed by atoms with Crippen molar-refractivity contribution in [3.8, 4) is 10.4 Å². The number of aliphatic hydroxyl groups is 1. The molecule has 2 fully saturated rings. The van der Waals surface area contributed by atoms with E-state index >= 15 is 0 Å². The first-order valence-corrected chi connectivity index (χ1v) is 12.9. The summed E-state index contributed by atoms with van der Waals surface area (Å²) in [4.78, 5) is 38.2. The summed E-state index contributed by atoms with van der Waals surface area (Å²) in [6.07, 6.45) is 5.30. The van der Waals surface area contributed by atoms with Crippen molar-refractivity contribution in [2.24, 2.45) is 0 Å². The van der Waals surface area contributed by atoms with Crippen molar-refractivity contribution in [2.75, 3.05) is 11.9 Å². The van der Waals surface area contributed by atoms with Gasteiger partial charge in [0, 0.05) is 35.9 Å². The summed E-state index contributed by atoms with van der Waals surface area (Å²) < 4.78 is 0. The number of pyridine rings is 1. The van der Waals surface area contributed by atoms with Crippen LogP contribution in [0.4, 0.5) is 5.82 Å². The van der Waals surface area contributed by atoms with Crippen LogP contribution in [0.1, 0.15) is 85.7 Å². The van der Waals surface area contributed by atoms with Crippen molar-refractivity contribution in [3.63, 3.8) is 0 Å². The average Bonchev–Trinajstić information content (AvgIpc) is 3.46. The molecular weight excluding hydrogens is 450 g/mol. The average molecular weight is 486 g/mol. The van der Waals surface area contributed by atoms with Gasteiger partial charge in [0.15, 0.2) is 5.01 Å². The van der Waals surface area contributed by atoms with Crippen LogP contribution in [-0.4, -0.2) is 62.1 Å². The van der Waals surface area contributed by atoms with Gasteiger partial charge in [0.05, 0.1) is 11.0 Å². The Bertz CT molecular complexity index is 1080. The molecule has 0 radical (unpaired) electrons. The molecule has 2 aromatic heterocycles. The van der Waals surface area contributed by atoms with Gasteiger partial charge >= 0.3 is 0 Å². The van der Waals surface area contributed by atoms with Crippen molar-refractivity contribution < 1.29 is 14.7 Å². The number of nitrogens with zero attached hydrogens (tertiary/aromatic N) is 3. The summed E-state index contributed by atoms with van der Waals surface area (Å²) >= 11 is 1.23. The quantitative estimate of drug-likeness (QED) is 0.591. The van der Waals surface area contributed by atoms with E-state index in [1.165, 1.54) is 11.3 Å². The van der Waals surface area contributed by atoms with Crippen LogP contribution in [0.15, 0.2) is 12.3 Å². The third kappa shape index (κ3) is 5.41. The number of carbonyl (C=O) groups is 2. The van der Waals surface area contributed by atoms with Crippen LogP contribution >= 0.6 is 11.3 Å². The Kier molecular flexibility index (Phi) is 6.96. The number of aryl methyl sites for hydroxylation is 1. The summed E-state index contributed by atoms with van der Waals surface area (Å²) in [6.45, 7) is 11.0. The van der Waals surface area contributed by atoms with Crippen molar-refractivity contribution in [1.82, 2.24) is 20.2 Å². The number of amides is 2. The molecule has 3 N–H and O–H groups in total. The fraction of sp³-hybridized carbons (Fsp3) is 0.600. The zero-order chi connectivity index (χ0) is 24.6. The number of likely N-dealkylation sites (tertiary alicyclic amines) is 1. The van der Waals surface area contributed by atoms with Gasteiger partial charge in [0.1, 0.15) is 11.5 Å². The monoisotopic (exact) mass is 485 g/mol. The second kappa shape index (κ2) is 9.62. The molecule has 0 bridgehead atoms. The van der Waals surface area contributed by atoms with E-state index in [0.29, 0.717) is 30.0 Å². The highest BCUT2D eigenvalue weighted by Crippen LogP contribution is 2.35. The van der Waals surface area contributed by atoms with Gasteiger partial charge in [-0.15, -0.1) is 11.3 Å². The maximum atomic E-state index is 13.5. The van der Waals surface area contributed by atoms with Crippen LogP contribution in [0.25, 0.3) is 10.4 Å². The van der Waals surface area contributed by atoms with Gasteiger partial charge in [-0.05, 0) is 78.4 Å². The Morgan fingerprint density at radius 2 is 2.00 bits per heavy atom. The molecule has 184 valence electrons. The molecule has 2 aliphatic rings. The van der Waals surface area contributed by atoms with Gasteiger partial charge in [0.25, 0.3) is 11.8 Å². The first-order chi connectivity index (χ1) is 16.0. The molecule has 1 saturated carbocycles. The topological polar surface area (TPSA) is 107 Å². The molecule has 1 aliphatic carbocycles. The van der Waals surface area contributed by atoms with Crippen LogP contribution in [-0.2, 0) is 0 Å². The van der Waals surface area contributed by atoms with Crippen LogP contribution < -0.4 is 10.6 Å². The van der Waals surface area contributed by atoms with Crippen LogP contribution in [0.5, 0.6) is 0 Å². The standard InChI is InChI=1S/C25H35N5O3S/c1-14-11-19(29-25(3,4)5)26-13-18(14)21-20(24(33)30-10-6-7-15(30)2)28-23(34-21)22(32)27-16-8-9-17(31)12-16/h11,13,15-17,31H,6-10,12H2,1-5H3,(H,26,29)(H,27,32)/t15-,16?,17-/m0/s1. The summed E-state index contributed by atoms with van der Waals surface area (Å²) in [5.74, 6) is 0.329. The number of hydrogen-bond acceptors (Lipinski definition) is 7. The van der Waals surface area contributed by atoms with Crippen molar-refractivity contribution >= 4 is 29.0 Å². The Morgan fingerprint density at radius 3 is 2.59 bits per heavy atom. The van der Waals surface area contributed by atoms with Gasteiger partial charge in [-0.25, -0.2) is 9.97 Å². The third-order valence-electron chi connectivity index (χ3n) is 6.44. The van der Waals surface area contributed by atoms with Crippen LogP contribution in [0.2, 0.25) is 0 Å². The van der Waals surface area contributed by atoms with Crippen molar-refractivity contribution in [2.45, 2.75) is 90.4 Å². The number of aromatic nitrogens is 2. The SMILES string of the molecule is Cc1cc(NC(C)(C)C)ncc1-c1sc(C(=O)NC2CC[C@H](O)C2)nc1C(=O)N1CCC[C@@H]1C. The van der Waals surface area contributed by atoms with Gasteiger partial charge in [-0.1, -0.05) is 0 Å². The van der Waals surface area contributed by atoms with Gasteiger partial charge in [-0.3, -0.25) is 9.59 Å². The van der Waals surface area contributed by atoms with Gasteiger partial charge in [-0.2, -0.15) is 0 Å². The zero-order valence-electron chi connectivity index (χ0n) is 20.6. The highest BCUT2D eigenvalue weighted by molar-refractivity contribution is 7.17. The zero-order valence-corrected chi connectivity index (χ0v) is 21.5. The van der Waals surface area contributed by atoms with Crippen molar-refractivity contribution in [3.05, 3.63) is 28.5 Å². The molecule has 3 atom stereocenters. The Balaban J connectivity index is 1.68. The third-order valence-corrected chi connectivity index (χ3v) is 7.52. The number of aliphatic hydroxyl groups excluding tert-OH is 1. The number of thiazole rings is 1. The van der Waals surface area contributed by atoms with E-state index < -0.39 is 0 Å². The summed E-state index contributed by atoms with van der Waals surface area (Å²) in [5.41, 5.74) is 1.96. The highest BCUT2D eigenvalue weighted by atomic mass is 32.1. The molecule has 0 aromatic carbocycles. The fourth-order valence-electron chi connectivity index (χ4n) is 4.70. The van der Waals surface area contributed by atoms with E-state index in [0.717, 1.165) is 36.2 Å². The molecule has 1 aliphatic heterocycles. The molecule has 2 amide bonds.